The van der Waals surface area contributed by atoms with E-state index in [0.717, 1.165) is 11.8 Å². The van der Waals surface area contributed by atoms with Gasteiger partial charge in [-0.05, 0) is 5.56 Å². The van der Waals surface area contributed by atoms with Crippen molar-refractivity contribution in [1.29, 1.82) is 0 Å². The average Bonchev–Trinajstić information content (AvgIpc) is 2.17. The molecule has 0 aromatic heterocycles. The largest absolute Gasteiger partial charge is 0.308 e. The Morgan fingerprint density at radius 2 is 2.00 bits per heavy atom. The van der Waals surface area contributed by atoms with Crippen molar-refractivity contribution in [2.45, 2.75) is 6.42 Å². The predicted octanol–water partition coefficient (Wildman–Crippen LogP) is 1.66. The van der Waals surface area contributed by atoms with E-state index < -0.39 is 10.1 Å². The Morgan fingerprint density at radius 3 is 2.47 bits per heavy atom. The van der Waals surface area contributed by atoms with Crippen LogP contribution >= 0.6 is 0 Å². The zero-order chi connectivity index (χ0) is 11.3. The Labute approximate surface area is 88.7 Å². The maximum absolute atomic E-state index is 10.9. The molecule has 0 aliphatic rings. The lowest BCUT2D eigenvalue weighted by molar-refractivity contribution is 0.497. The summed E-state index contributed by atoms with van der Waals surface area (Å²) in [6.07, 6.45) is 1.15. The fraction of sp³-hybridized carbons (Fsp3) is 0.100. The molecule has 4 nitrogen and oxygen atoms in total. The first-order chi connectivity index (χ1) is 7.04. The van der Waals surface area contributed by atoms with Crippen LogP contribution in [0.1, 0.15) is 5.56 Å². The van der Waals surface area contributed by atoms with Gasteiger partial charge in [0.25, 0.3) is 0 Å². The van der Waals surface area contributed by atoms with Gasteiger partial charge in [-0.3, -0.25) is 4.55 Å². The maximum atomic E-state index is 10.9. The van der Waals surface area contributed by atoms with E-state index in [1.807, 2.05) is 6.07 Å². The highest BCUT2D eigenvalue weighted by molar-refractivity contribution is 8.01. The van der Waals surface area contributed by atoms with Crippen LogP contribution in [0.2, 0.25) is 0 Å². The van der Waals surface area contributed by atoms with Crippen molar-refractivity contribution in [3.63, 3.8) is 0 Å². The van der Waals surface area contributed by atoms with Crippen LogP contribution in [0.3, 0.4) is 0 Å². The second-order valence-corrected chi connectivity index (χ2v) is 4.26. The molecule has 0 amide bonds. The molecule has 1 N–H and O–H groups in total. The molecule has 0 spiro atoms. The summed E-state index contributed by atoms with van der Waals surface area (Å²) in [6.45, 7) is 3.29. The standard InChI is InChI=1S/C10H11NO3S/c1-2-11-10(15(12,13)14)8-9-6-4-3-5-7-9/h2-7H,1,8H2,(H,12,13,14). The Hall–Kier alpha value is -1.46. The molecule has 1 aromatic rings. The van der Waals surface area contributed by atoms with Crippen molar-refractivity contribution >= 4 is 15.2 Å². The summed E-state index contributed by atoms with van der Waals surface area (Å²) >= 11 is 0. The lowest BCUT2D eigenvalue weighted by atomic mass is 10.2. The van der Waals surface area contributed by atoms with E-state index in [1.54, 1.807) is 24.3 Å². The Balaban J connectivity index is 2.97. The van der Waals surface area contributed by atoms with Crippen LogP contribution in [0.5, 0.6) is 0 Å². The quantitative estimate of drug-likeness (QED) is 0.483. The van der Waals surface area contributed by atoms with E-state index in [9.17, 15) is 8.42 Å². The summed E-state index contributed by atoms with van der Waals surface area (Å²) in [4.78, 5) is 3.53. The number of hydrogen-bond acceptors (Lipinski definition) is 3. The van der Waals surface area contributed by atoms with Gasteiger partial charge in [0, 0.05) is 12.6 Å². The molecule has 5 heteroatoms. The van der Waals surface area contributed by atoms with Crippen LogP contribution in [0.4, 0.5) is 0 Å². The highest BCUT2D eigenvalue weighted by atomic mass is 32.2. The first-order valence-electron chi connectivity index (χ1n) is 4.23. The first-order valence-corrected chi connectivity index (χ1v) is 5.67. The fourth-order valence-electron chi connectivity index (χ4n) is 1.08. The van der Waals surface area contributed by atoms with Crippen molar-refractivity contribution in [2.75, 3.05) is 0 Å². The average molecular weight is 225 g/mol. The molecule has 0 fully saturated rings. The molecule has 0 aliphatic carbocycles. The van der Waals surface area contributed by atoms with Crippen LogP contribution in [-0.4, -0.2) is 18.0 Å². The fourth-order valence-corrected chi connectivity index (χ4v) is 1.63. The van der Waals surface area contributed by atoms with E-state index in [0.29, 0.717) is 0 Å². The molecule has 1 rings (SSSR count). The molecule has 0 aliphatic heterocycles. The Bertz CT molecular complexity index is 463. The molecular formula is C10H11NO3S. The zero-order valence-corrected chi connectivity index (χ0v) is 8.81. The van der Waals surface area contributed by atoms with Crippen LogP contribution in [0.15, 0.2) is 48.1 Å². The Morgan fingerprint density at radius 1 is 1.40 bits per heavy atom. The van der Waals surface area contributed by atoms with E-state index in [2.05, 4.69) is 11.6 Å². The maximum Gasteiger partial charge on any atom is 0.308 e. The van der Waals surface area contributed by atoms with Gasteiger partial charge >= 0.3 is 10.1 Å². The van der Waals surface area contributed by atoms with Crippen molar-refractivity contribution < 1.29 is 13.0 Å². The summed E-state index contributed by atoms with van der Waals surface area (Å²) in [5, 5.41) is -0.302. The molecule has 0 saturated carbocycles. The number of hydrogen-bond donors (Lipinski definition) is 1. The second kappa shape index (κ2) is 4.86. The second-order valence-electron chi connectivity index (χ2n) is 2.84. The first kappa shape index (κ1) is 11.6. The van der Waals surface area contributed by atoms with Gasteiger partial charge in [0.05, 0.1) is 0 Å². The van der Waals surface area contributed by atoms with E-state index in [1.165, 1.54) is 0 Å². The monoisotopic (exact) mass is 225 g/mol. The number of benzene rings is 1. The summed E-state index contributed by atoms with van der Waals surface area (Å²) in [7, 11) is -4.25. The molecule has 80 valence electrons. The smallest absolute Gasteiger partial charge is 0.281 e. The van der Waals surface area contributed by atoms with Gasteiger partial charge in [0.2, 0.25) is 0 Å². The van der Waals surface area contributed by atoms with Gasteiger partial charge in [-0.15, -0.1) is 0 Å². The van der Waals surface area contributed by atoms with Gasteiger partial charge in [0.1, 0.15) is 0 Å². The predicted molar refractivity (Wildman–Crippen MR) is 59.3 cm³/mol. The lowest BCUT2D eigenvalue weighted by Crippen LogP contribution is -2.16. The summed E-state index contributed by atoms with van der Waals surface area (Å²) in [5.41, 5.74) is 0.760. The van der Waals surface area contributed by atoms with Crippen LogP contribution in [-0.2, 0) is 16.5 Å². The molecule has 0 unspecified atom stereocenters. The van der Waals surface area contributed by atoms with Crippen molar-refractivity contribution in [3.8, 4) is 0 Å². The summed E-state index contributed by atoms with van der Waals surface area (Å²) in [5.74, 6) is 0. The topological polar surface area (TPSA) is 66.7 Å². The van der Waals surface area contributed by atoms with E-state index in [4.69, 9.17) is 4.55 Å². The minimum absolute atomic E-state index is 0.0612. The minimum atomic E-state index is -4.25. The van der Waals surface area contributed by atoms with Gasteiger partial charge in [-0.25, -0.2) is 4.99 Å². The molecule has 15 heavy (non-hydrogen) atoms. The number of nitrogens with zero attached hydrogens (tertiary/aromatic N) is 1. The van der Waals surface area contributed by atoms with Crippen LogP contribution in [0, 0.1) is 0 Å². The van der Waals surface area contributed by atoms with Gasteiger partial charge in [-0.1, -0.05) is 36.9 Å². The van der Waals surface area contributed by atoms with Crippen LogP contribution < -0.4 is 0 Å². The molecule has 0 bridgehead atoms. The van der Waals surface area contributed by atoms with Gasteiger partial charge < -0.3 is 0 Å². The zero-order valence-electron chi connectivity index (χ0n) is 8.00. The van der Waals surface area contributed by atoms with E-state index in [-0.39, 0.29) is 11.5 Å². The normalized spacial score (nSPS) is 12.5. The van der Waals surface area contributed by atoms with Crippen molar-refractivity contribution in [1.82, 2.24) is 0 Å². The lowest BCUT2D eigenvalue weighted by Gasteiger charge is -2.01. The molecule has 1 aromatic carbocycles. The van der Waals surface area contributed by atoms with E-state index >= 15 is 0 Å². The highest BCUT2D eigenvalue weighted by Gasteiger charge is 2.15. The summed E-state index contributed by atoms with van der Waals surface area (Å²) < 4.78 is 30.7. The van der Waals surface area contributed by atoms with Crippen molar-refractivity contribution in [3.05, 3.63) is 48.7 Å². The molecule has 0 heterocycles. The molecular weight excluding hydrogens is 214 g/mol. The van der Waals surface area contributed by atoms with Gasteiger partial charge in [-0.2, -0.15) is 8.42 Å². The SMILES string of the molecule is C=CN=C(Cc1ccccc1)S(=O)(=O)O. The molecule has 0 saturated heterocycles. The highest BCUT2D eigenvalue weighted by Crippen LogP contribution is 2.04. The third kappa shape index (κ3) is 3.65. The van der Waals surface area contributed by atoms with Crippen LogP contribution in [0.25, 0.3) is 0 Å². The molecule has 0 atom stereocenters. The number of aliphatic imine (C=N–C) groups is 1. The minimum Gasteiger partial charge on any atom is -0.281 e. The van der Waals surface area contributed by atoms with Crippen molar-refractivity contribution in [2.24, 2.45) is 4.99 Å². The summed E-state index contributed by atoms with van der Waals surface area (Å²) in [6, 6.07) is 8.89. The van der Waals surface area contributed by atoms with Gasteiger partial charge in [0.15, 0.2) is 5.04 Å². The third-order valence-electron chi connectivity index (χ3n) is 1.73. The number of rotatable bonds is 3. The third-order valence-corrected chi connectivity index (χ3v) is 2.58. The Kier molecular flexibility index (Phi) is 3.76. The molecule has 0 radical (unpaired) electrons.